The van der Waals surface area contributed by atoms with E-state index in [2.05, 4.69) is 39.8 Å². The second-order valence-electron chi connectivity index (χ2n) is 5.32. The van der Waals surface area contributed by atoms with Crippen LogP contribution in [-0.2, 0) is 17.7 Å². The number of urea groups is 1. The number of hydrogen-bond donors (Lipinski definition) is 2. The van der Waals surface area contributed by atoms with E-state index in [1.165, 1.54) is 11.1 Å². The first-order valence-electron chi connectivity index (χ1n) is 7.59. The van der Waals surface area contributed by atoms with E-state index in [-0.39, 0.29) is 6.03 Å². The van der Waals surface area contributed by atoms with Crippen LogP contribution in [0.25, 0.3) is 0 Å². The lowest BCUT2D eigenvalue weighted by atomic mass is 10.00. The third kappa shape index (κ3) is 5.36. The van der Waals surface area contributed by atoms with Gasteiger partial charge in [0.05, 0.1) is 0 Å². The summed E-state index contributed by atoms with van der Waals surface area (Å²) >= 11 is 0. The van der Waals surface area contributed by atoms with Gasteiger partial charge in [-0.05, 0) is 24.0 Å². The fourth-order valence-electron chi connectivity index (χ4n) is 2.55. The third-order valence-electron chi connectivity index (χ3n) is 3.73. The first-order valence-corrected chi connectivity index (χ1v) is 7.59. The van der Waals surface area contributed by atoms with Gasteiger partial charge in [-0.3, -0.25) is 4.90 Å². The van der Waals surface area contributed by atoms with E-state index in [0.29, 0.717) is 19.7 Å². The standard InChI is InChI=1S/C16H25N3O2/c1-21-12-4-8-17-16(20)18-9-11-19-10-7-14-5-2-3-6-15(14)13-19/h2-3,5-6H,4,7-13H2,1H3,(H2,17,18,20). The molecule has 0 atom stereocenters. The minimum Gasteiger partial charge on any atom is -0.385 e. The normalized spacial score (nSPS) is 14.5. The van der Waals surface area contributed by atoms with Gasteiger partial charge in [-0.2, -0.15) is 0 Å². The first kappa shape index (κ1) is 15.8. The predicted molar refractivity (Wildman–Crippen MR) is 83.3 cm³/mol. The zero-order chi connectivity index (χ0) is 14.9. The van der Waals surface area contributed by atoms with Gasteiger partial charge < -0.3 is 15.4 Å². The van der Waals surface area contributed by atoms with Gasteiger partial charge in [0.1, 0.15) is 0 Å². The first-order chi connectivity index (χ1) is 10.3. The Morgan fingerprint density at radius 1 is 1.24 bits per heavy atom. The molecule has 1 aromatic carbocycles. The molecule has 1 aliphatic heterocycles. The van der Waals surface area contributed by atoms with Crippen LogP contribution in [0.15, 0.2) is 24.3 Å². The minimum absolute atomic E-state index is 0.0940. The molecule has 2 rings (SSSR count). The summed E-state index contributed by atoms with van der Waals surface area (Å²) in [6.07, 6.45) is 1.94. The molecule has 0 fully saturated rings. The Morgan fingerprint density at radius 2 is 2.00 bits per heavy atom. The van der Waals surface area contributed by atoms with Crippen LogP contribution in [0.2, 0.25) is 0 Å². The van der Waals surface area contributed by atoms with Gasteiger partial charge in [0.2, 0.25) is 0 Å². The van der Waals surface area contributed by atoms with E-state index >= 15 is 0 Å². The predicted octanol–water partition coefficient (Wildman–Crippen LogP) is 1.38. The van der Waals surface area contributed by atoms with Crippen LogP contribution < -0.4 is 10.6 Å². The number of methoxy groups -OCH3 is 1. The van der Waals surface area contributed by atoms with E-state index < -0.39 is 0 Å². The molecular weight excluding hydrogens is 266 g/mol. The summed E-state index contributed by atoms with van der Waals surface area (Å²) < 4.78 is 4.93. The number of benzene rings is 1. The summed E-state index contributed by atoms with van der Waals surface area (Å²) in [5.41, 5.74) is 2.87. The smallest absolute Gasteiger partial charge is 0.314 e. The average Bonchev–Trinajstić information content (AvgIpc) is 2.51. The number of amides is 2. The maximum absolute atomic E-state index is 11.6. The highest BCUT2D eigenvalue weighted by atomic mass is 16.5. The molecule has 1 aliphatic rings. The summed E-state index contributed by atoms with van der Waals surface area (Å²) in [5, 5.41) is 5.72. The van der Waals surface area contributed by atoms with Crippen LogP contribution >= 0.6 is 0 Å². The number of carbonyl (C=O) groups excluding carboxylic acids is 1. The minimum atomic E-state index is -0.0940. The van der Waals surface area contributed by atoms with E-state index in [0.717, 1.165) is 32.5 Å². The maximum Gasteiger partial charge on any atom is 0.314 e. The van der Waals surface area contributed by atoms with Crippen LogP contribution in [0, 0.1) is 0 Å². The van der Waals surface area contributed by atoms with Crippen LogP contribution in [0.4, 0.5) is 4.79 Å². The number of carbonyl (C=O) groups is 1. The van der Waals surface area contributed by atoms with Gasteiger partial charge >= 0.3 is 6.03 Å². The van der Waals surface area contributed by atoms with E-state index in [1.807, 2.05) is 0 Å². The molecule has 2 N–H and O–H groups in total. The van der Waals surface area contributed by atoms with Gasteiger partial charge in [0, 0.05) is 46.4 Å². The molecule has 0 unspecified atom stereocenters. The van der Waals surface area contributed by atoms with Gasteiger partial charge in [-0.25, -0.2) is 4.79 Å². The summed E-state index contributed by atoms with van der Waals surface area (Å²) in [7, 11) is 1.66. The van der Waals surface area contributed by atoms with Crippen molar-refractivity contribution in [1.29, 1.82) is 0 Å². The number of rotatable bonds is 7. The number of hydrogen-bond acceptors (Lipinski definition) is 3. The Morgan fingerprint density at radius 3 is 2.81 bits per heavy atom. The summed E-state index contributed by atoms with van der Waals surface area (Å²) in [4.78, 5) is 13.9. The van der Waals surface area contributed by atoms with Gasteiger partial charge in [0.15, 0.2) is 0 Å². The number of ether oxygens (including phenoxy) is 1. The molecule has 0 spiro atoms. The molecule has 0 saturated carbocycles. The van der Waals surface area contributed by atoms with E-state index in [9.17, 15) is 4.79 Å². The van der Waals surface area contributed by atoms with Crippen LogP contribution in [0.1, 0.15) is 17.5 Å². The van der Waals surface area contributed by atoms with Gasteiger partial charge in [-0.1, -0.05) is 24.3 Å². The molecule has 1 aromatic rings. The third-order valence-corrected chi connectivity index (χ3v) is 3.73. The fourth-order valence-corrected chi connectivity index (χ4v) is 2.55. The van der Waals surface area contributed by atoms with Crippen molar-refractivity contribution in [1.82, 2.24) is 15.5 Å². The van der Waals surface area contributed by atoms with Crippen molar-refractivity contribution in [2.75, 3.05) is 39.9 Å². The number of nitrogens with zero attached hydrogens (tertiary/aromatic N) is 1. The van der Waals surface area contributed by atoms with Crippen LogP contribution in [-0.4, -0.2) is 50.8 Å². The molecule has 21 heavy (non-hydrogen) atoms. The molecule has 0 saturated heterocycles. The van der Waals surface area contributed by atoms with Gasteiger partial charge in [0.25, 0.3) is 0 Å². The molecule has 5 nitrogen and oxygen atoms in total. The Labute approximate surface area is 126 Å². The Hall–Kier alpha value is -1.59. The van der Waals surface area contributed by atoms with Crippen molar-refractivity contribution < 1.29 is 9.53 Å². The highest BCUT2D eigenvalue weighted by molar-refractivity contribution is 5.73. The SMILES string of the molecule is COCCCNC(=O)NCCN1CCc2ccccc2C1. The Kier molecular flexibility index (Phi) is 6.50. The lowest BCUT2D eigenvalue weighted by Crippen LogP contribution is -2.42. The molecule has 0 aromatic heterocycles. The summed E-state index contributed by atoms with van der Waals surface area (Å²) in [5.74, 6) is 0. The monoisotopic (exact) mass is 291 g/mol. The van der Waals surface area contributed by atoms with Gasteiger partial charge in [-0.15, -0.1) is 0 Å². The highest BCUT2D eigenvalue weighted by Crippen LogP contribution is 2.17. The topological polar surface area (TPSA) is 53.6 Å². The largest absolute Gasteiger partial charge is 0.385 e. The molecule has 0 radical (unpaired) electrons. The zero-order valence-electron chi connectivity index (χ0n) is 12.7. The second kappa shape index (κ2) is 8.64. The zero-order valence-corrected chi connectivity index (χ0v) is 12.7. The van der Waals surface area contributed by atoms with E-state index in [4.69, 9.17) is 4.74 Å². The fraction of sp³-hybridized carbons (Fsp3) is 0.562. The average molecular weight is 291 g/mol. The van der Waals surface area contributed by atoms with E-state index in [1.54, 1.807) is 7.11 Å². The lowest BCUT2D eigenvalue weighted by molar-refractivity contribution is 0.193. The summed E-state index contributed by atoms with van der Waals surface area (Å²) in [6, 6.07) is 8.50. The lowest BCUT2D eigenvalue weighted by Gasteiger charge is -2.28. The van der Waals surface area contributed by atoms with Crippen LogP contribution in [0.3, 0.4) is 0 Å². The molecule has 116 valence electrons. The number of fused-ring (bicyclic) bond motifs is 1. The quantitative estimate of drug-likeness (QED) is 0.746. The Bertz CT molecular complexity index is 451. The molecule has 0 bridgehead atoms. The molecule has 1 heterocycles. The molecule has 2 amide bonds. The van der Waals surface area contributed by atoms with Crippen molar-refractivity contribution in [3.05, 3.63) is 35.4 Å². The van der Waals surface area contributed by atoms with Crippen molar-refractivity contribution in [3.63, 3.8) is 0 Å². The van der Waals surface area contributed by atoms with Crippen molar-refractivity contribution >= 4 is 6.03 Å². The molecular formula is C16H25N3O2. The molecule has 0 aliphatic carbocycles. The van der Waals surface area contributed by atoms with Crippen LogP contribution in [0.5, 0.6) is 0 Å². The van der Waals surface area contributed by atoms with Crippen molar-refractivity contribution in [2.24, 2.45) is 0 Å². The highest BCUT2D eigenvalue weighted by Gasteiger charge is 2.15. The van der Waals surface area contributed by atoms with Crippen molar-refractivity contribution in [3.8, 4) is 0 Å². The second-order valence-corrected chi connectivity index (χ2v) is 5.32. The summed E-state index contributed by atoms with van der Waals surface area (Å²) in [6.45, 7) is 4.93. The van der Waals surface area contributed by atoms with Crippen molar-refractivity contribution in [2.45, 2.75) is 19.4 Å². The number of nitrogens with one attached hydrogen (secondary N) is 2. The maximum atomic E-state index is 11.6. The molecule has 5 heteroatoms. The Balaban J connectivity index is 1.60.